The summed E-state index contributed by atoms with van der Waals surface area (Å²) in [5.41, 5.74) is 6.79. The first-order chi connectivity index (χ1) is 9.43. The van der Waals surface area contributed by atoms with E-state index in [0.29, 0.717) is 5.75 Å². The van der Waals surface area contributed by atoms with Gasteiger partial charge in [0.1, 0.15) is 5.75 Å². The number of benzene rings is 1. The summed E-state index contributed by atoms with van der Waals surface area (Å²) < 4.78 is 6.52. The van der Waals surface area contributed by atoms with E-state index in [1.54, 1.807) is 0 Å². The molecule has 0 aromatic heterocycles. The second-order valence-corrected chi connectivity index (χ2v) is 5.93. The molecular formula is C15H23BrN2O2. The Hall–Kier alpha value is -1.07. The zero-order valence-electron chi connectivity index (χ0n) is 12.3. The quantitative estimate of drug-likeness (QED) is 0.799. The van der Waals surface area contributed by atoms with Crippen molar-refractivity contribution in [2.24, 2.45) is 5.73 Å². The van der Waals surface area contributed by atoms with Gasteiger partial charge in [-0.2, -0.15) is 0 Å². The Morgan fingerprint density at radius 2 is 2.15 bits per heavy atom. The lowest BCUT2D eigenvalue weighted by molar-refractivity contribution is -0.123. The molecule has 5 heteroatoms. The lowest BCUT2D eigenvalue weighted by Crippen LogP contribution is -2.36. The molecule has 0 aliphatic rings. The molecule has 0 heterocycles. The maximum absolute atomic E-state index is 11.8. The highest BCUT2D eigenvalue weighted by Crippen LogP contribution is 2.27. The van der Waals surface area contributed by atoms with Crippen LogP contribution < -0.4 is 15.8 Å². The molecule has 0 aliphatic heterocycles. The van der Waals surface area contributed by atoms with Gasteiger partial charge in [-0.3, -0.25) is 4.79 Å². The number of carbonyl (C=O) groups is 1. The molecule has 0 spiro atoms. The van der Waals surface area contributed by atoms with Gasteiger partial charge in [0.2, 0.25) is 0 Å². The molecule has 0 radical (unpaired) electrons. The molecule has 112 valence electrons. The molecule has 0 saturated heterocycles. The van der Waals surface area contributed by atoms with Gasteiger partial charge in [-0.05, 0) is 38.5 Å². The predicted molar refractivity (Wildman–Crippen MR) is 84.8 cm³/mol. The molecule has 0 saturated carbocycles. The van der Waals surface area contributed by atoms with Gasteiger partial charge in [0.15, 0.2) is 6.61 Å². The maximum Gasteiger partial charge on any atom is 0.258 e. The van der Waals surface area contributed by atoms with Crippen LogP contribution in [0.25, 0.3) is 0 Å². The fourth-order valence-electron chi connectivity index (χ4n) is 1.97. The minimum atomic E-state index is -0.149. The van der Waals surface area contributed by atoms with Crippen LogP contribution in [0.15, 0.2) is 22.7 Å². The molecule has 20 heavy (non-hydrogen) atoms. The monoisotopic (exact) mass is 342 g/mol. The lowest BCUT2D eigenvalue weighted by Gasteiger charge is -2.16. The van der Waals surface area contributed by atoms with E-state index in [-0.39, 0.29) is 24.6 Å². The van der Waals surface area contributed by atoms with Crippen LogP contribution >= 0.6 is 15.9 Å². The topological polar surface area (TPSA) is 64.3 Å². The van der Waals surface area contributed by atoms with Crippen molar-refractivity contribution in [2.45, 2.75) is 45.7 Å². The maximum atomic E-state index is 11.8. The standard InChI is InChI=1S/C15H23BrN2O2/c1-4-5-10(2)18-15(19)9-20-14-7-6-12(16)8-13(14)11(3)17/h6-8,10-11H,4-5,9,17H2,1-3H3,(H,18,19). The number of amides is 1. The van der Waals surface area contributed by atoms with Crippen molar-refractivity contribution in [3.8, 4) is 5.75 Å². The van der Waals surface area contributed by atoms with Crippen molar-refractivity contribution in [1.82, 2.24) is 5.32 Å². The van der Waals surface area contributed by atoms with Gasteiger partial charge in [0.25, 0.3) is 5.91 Å². The van der Waals surface area contributed by atoms with Crippen LogP contribution in [0, 0.1) is 0 Å². The minimum Gasteiger partial charge on any atom is -0.483 e. The number of hydrogen-bond acceptors (Lipinski definition) is 3. The summed E-state index contributed by atoms with van der Waals surface area (Å²) in [7, 11) is 0. The van der Waals surface area contributed by atoms with Gasteiger partial charge in [-0.15, -0.1) is 0 Å². The molecule has 0 aliphatic carbocycles. The number of rotatable bonds is 7. The van der Waals surface area contributed by atoms with Crippen LogP contribution in [0.5, 0.6) is 5.75 Å². The summed E-state index contributed by atoms with van der Waals surface area (Å²) in [4.78, 5) is 11.8. The van der Waals surface area contributed by atoms with Crippen LogP contribution in [0.3, 0.4) is 0 Å². The van der Waals surface area contributed by atoms with Crippen molar-refractivity contribution in [3.05, 3.63) is 28.2 Å². The van der Waals surface area contributed by atoms with E-state index in [2.05, 4.69) is 28.2 Å². The first-order valence-electron chi connectivity index (χ1n) is 6.91. The summed E-state index contributed by atoms with van der Waals surface area (Å²) in [5, 5.41) is 2.91. The van der Waals surface area contributed by atoms with Crippen molar-refractivity contribution >= 4 is 21.8 Å². The Morgan fingerprint density at radius 3 is 2.75 bits per heavy atom. The van der Waals surface area contributed by atoms with E-state index in [1.165, 1.54) is 0 Å². The first-order valence-corrected chi connectivity index (χ1v) is 7.70. The number of carbonyl (C=O) groups excluding carboxylic acids is 1. The summed E-state index contributed by atoms with van der Waals surface area (Å²) >= 11 is 3.40. The number of ether oxygens (including phenoxy) is 1. The summed E-state index contributed by atoms with van der Waals surface area (Å²) in [6.45, 7) is 5.98. The average molecular weight is 343 g/mol. The second-order valence-electron chi connectivity index (χ2n) is 5.02. The zero-order chi connectivity index (χ0) is 15.1. The van der Waals surface area contributed by atoms with Gasteiger partial charge in [0.05, 0.1) is 0 Å². The number of nitrogens with one attached hydrogen (secondary N) is 1. The SMILES string of the molecule is CCCC(C)NC(=O)COc1ccc(Br)cc1C(C)N. The van der Waals surface area contributed by atoms with Crippen LogP contribution in [0.1, 0.15) is 45.2 Å². The predicted octanol–water partition coefficient (Wildman–Crippen LogP) is 3.15. The number of hydrogen-bond donors (Lipinski definition) is 2. The van der Waals surface area contributed by atoms with Gasteiger partial charge < -0.3 is 15.8 Å². The van der Waals surface area contributed by atoms with E-state index in [0.717, 1.165) is 22.9 Å². The Morgan fingerprint density at radius 1 is 1.45 bits per heavy atom. The normalized spacial score (nSPS) is 13.7. The summed E-state index contributed by atoms with van der Waals surface area (Å²) in [5.74, 6) is 0.547. The Bertz CT molecular complexity index is 449. The molecule has 3 N–H and O–H groups in total. The van der Waals surface area contributed by atoms with Gasteiger partial charge in [-0.25, -0.2) is 0 Å². The molecule has 2 unspecified atom stereocenters. The zero-order valence-corrected chi connectivity index (χ0v) is 13.9. The third-order valence-electron chi connectivity index (χ3n) is 2.95. The van der Waals surface area contributed by atoms with E-state index in [1.807, 2.05) is 32.0 Å². The third kappa shape index (κ3) is 5.51. The molecule has 1 rings (SSSR count). The van der Waals surface area contributed by atoms with Crippen molar-refractivity contribution in [2.75, 3.05) is 6.61 Å². The smallest absolute Gasteiger partial charge is 0.258 e. The Labute approximate surface area is 129 Å². The van der Waals surface area contributed by atoms with Gasteiger partial charge >= 0.3 is 0 Å². The van der Waals surface area contributed by atoms with Crippen LogP contribution in [-0.4, -0.2) is 18.6 Å². The summed E-state index contributed by atoms with van der Waals surface area (Å²) in [6.07, 6.45) is 2.01. The molecular weight excluding hydrogens is 320 g/mol. The van der Waals surface area contributed by atoms with E-state index < -0.39 is 0 Å². The Balaban J connectivity index is 2.59. The third-order valence-corrected chi connectivity index (χ3v) is 3.44. The highest BCUT2D eigenvalue weighted by atomic mass is 79.9. The Kier molecular flexibility index (Phi) is 7.02. The molecule has 2 atom stereocenters. The number of nitrogens with two attached hydrogens (primary N) is 1. The van der Waals surface area contributed by atoms with Crippen molar-refractivity contribution in [1.29, 1.82) is 0 Å². The van der Waals surface area contributed by atoms with Gasteiger partial charge in [-0.1, -0.05) is 29.3 Å². The highest BCUT2D eigenvalue weighted by Gasteiger charge is 2.12. The molecule has 1 aromatic rings. The average Bonchev–Trinajstić information content (AvgIpc) is 2.37. The minimum absolute atomic E-state index is 0.00933. The van der Waals surface area contributed by atoms with Crippen LogP contribution in [0.2, 0.25) is 0 Å². The molecule has 4 nitrogen and oxygen atoms in total. The molecule has 1 amide bonds. The van der Waals surface area contributed by atoms with Gasteiger partial charge in [0, 0.05) is 22.1 Å². The van der Waals surface area contributed by atoms with Crippen molar-refractivity contribution < 1.29 is 9.53 Å². The van der Waals surface area contributed by atoms with E-state index >= 15 is 0 Å². The van der Waals surface area contributed by atoms with E-state index in [4.69, 9.17) is 10.5 Å². The lowest BCUT2D eigenvalue weighted by atomic mass is 10.1. The summed E-state index contributed by atoms with van der Waals surface area (Å²) in [6, 6.07) is 5.64. The second kappa shape index (κ2) is 8.27. The van der Waals surface area contributed by atoms with Crippen LogP contribution in [-0.2, 0) is 4.79 Å². The first kappa shape index (κ1) is 17.0. The highest BCUT2D eigenvalue weighted by molar-refractivity contribution is 9.10. The molecule has 1 aromatic carbocycles. The molecule has 0 fully saturated rings. The fourth-order valence-corrected chi connectivity index (χ4v) is 2.35. The largest absolute Gasteiger partial charge is 0.483 e. The van der Waals surface area contributed by atoms with Crippen molar-refractivity contribution in [3.63, 3.8) is 0 Å². The van der Waals surface area contributed by atoms with Crippen LogP contribution in [0.4, 0.5) is 0 Å². The number of halogens is 1. The fraction of sp³-hybridized carbons (Fsp3) is 0.533. The van der Waals surface area contributed by atoms with E-state index in [9.17, 15) is 4.79 Å². The molecule has 0 bridgehead atoms.